The second-order valence-corrected chi connectivity index (χ2v) is 6.18. The predicted molar refractivity (Wildman–Crippen MR) is 85.2 cm³/mol. The van der Waals surface area contributed by atoms with Crippen molar-refractivity contribution in [2.24, 2.45) is 0 Å². The van der Waals surface area contributed by atoms with Gasteiger partial charge in [-0.25, -0.2) is 4.39 Å². The summed E-state index contributed by atoms with van der Waals surface area (Å²) >= 11 is 21.6. The molecule has 2 rings (SSSR count). The van der Waals surface area contributed by atoms with E-state index in [-0.39, 0.29) is 9.85 Å². The highest BCUT2D eigenvalue weighted by Gasteiger charge is 2.17. The fourth-order valence-electron chi connectivity index (χ4n) is 1.74. The number of benzene rings is 2. The van der Waals surface area contributed by atoms with Crippen LogP contribution in [0.5, 0.6) is 5.75 Å². The van der Waals surface area contributed by atoms with Crippen molar-refractivity contribution in [1.82, 2.24) is 0 Å². The van der Waals surface area contributed by atoms with E-state index in [2.05, 4.69) is 15.9 Å². The van der Waals surface area contributed by atoms with E-state index in [1.54, 1.807) is 24.3 Å². The van der Waals surface area contributed by atoms with Gasteiger partial charge in [0.25, 0.3) is 0 Å². The van der Waals surface area contributed by atoms with Crippen LogP contribution >= 0.6 is 50.7 Å². The molecule has 0 aliphatic heterocycles. The van der Waals surface area contributed by atoms with Gasteiger partial charge in [-0.1, -0.05) is 56.8 Å². The molecule has 0 radical (unpaired) electrons. The molecule has 6 heteroatoms. The van der Waals surface area contributed by atoms with E-state index in [1.165, 1.54) is 13.2 Å². The van der Waals surface area contributed by atoms with E-state index in [4.69, 9.17) is 39.5 Å². The lowest BCUT2D eigenvalue weighted by Crippen LogP contribution is -1.96. The number of halogens is 5. The Hall–Kier alpha value is -0.480. The van der Waals surface area contributed by atoms with Crippen LogP contribution in [0.3, 0.4) is 0 Å². The molecule has 106 valence electrons. The number of rotatable bonds is 3. The second kappa shape index (κ2) is 6.52. The zero-order valence-corrected chi connectivity index (χ0v) is 14.1. The Morgan fingerprint density at radius 2 is 1.75 bits per heavy atom. The summed E-state index contributed by atoms with van der Waals surface area (Å²) in [6.45, 7) is 0. The van der Waals surface area contributed by atoms with Crippen molar-refractivity contribution in [2.75, 3.05) is 7.11 Å². The van der Waals surface area contributed by atoms with Crippen LogP contribution in [0.1, 0.15) is 16.0 Å². The van der Waals surface area contributed by atoms with Gasteiger partial charge in [0, 0.05) is 11.1 Å². The summed E-state index contributed by atoms with van der Waals surface area (Å²) in [5.41, 5.74) is 1.53. The lowest BCUT2D eigenvalue weighted by Gasteiger charge is -2.15. The molecule has 0 aliphatic rings. The van der Waals surface area contributed by atoms with Crippen molar-refractivity contribution in [1.29, 1.82) is 0 Å². The Bertz CT molecular complexity index is 649. The van der Waals surface area contributed by atoms with Crippen LogP contribution in [-0.2, 0) is 0 Å². The fraction of sp³-hybridized carbons (Fsp3) is 0.143. The first-order valence-electron chi connectivity index (χ1n) is 5.56. The van der Waals surface area contributed by atoms with Crippen molar-refractivity contribution < 1.29 is 9.13 Å². The average Bonchev–Trinajstić information content (AvgIpc) is 2.43. The Labute approximate surface area is 139 Å². The van der Waals surface area contributed by atoms with E-state index in [0.29, 0.717) is 15.8 Å². The van der Waals surface area contributed by atoms with Gasteiger partial charge in [0.2, 0.25) is 0 Å². The van der Waals surface area contributed by atoms with E-state index in [9.17, 15) is 4.39 Å². The molecular formula is C14H9BrCl3FO. The van der Waals surface area contributed by atoms with Gasteiger partial charge in [-0.15, -0.1) is 0 Å². The molecule has 0 N–H and O–H groups in total. The standard InChI is InChI=1S/C14H9BrCl3FO/c1-20-13-6-9(16)8(5-11(13)18)14(15)7-2-3-12(19)10(17)4-7/h2-6,14H,1H3. The number of ether oxygens (including phenoxy) is 1. The minimum atomic E-state index is -0.464. The highest BCUT2D eigenvalue weighted by Crippen LogP contribution is 2.40. The number of alkyl halides is 1. The summed E-state index contributed by atoms with van der Waals surface area (Å²) in [6.07, 6.45) is 0. The van der Waals surface area contributed by atoms with Gasteiger partial charge in [0.1, 0.15) is 11.6 Å². The molecule has 0 saturated carbocycles. The van der Waals surface area contributed by atoms with Crippen LogP contribution in [0.2, 0.25) is 15.1 Å². The van der Waals surface area contributed by atoms with Gasteiger partial charge in [0.15, 0.2) is 0 Å². The molecule has 0 bridgehead atoms. The SMILES string of the molecule is COc1cc(Cl)c(C(Br)c2ccc(F)c(Cl)c2)cc1Cl. The van der Waals surface area contributed by atoms with Crippen LogP contribution in [0, 0.1) is 5.82 Å². The third-order valence-electron chi connectivity index (χ3n) is 2.78. The van der Waals surface area contributed by atoms with Crippen LogP contribution in [0.25, 0.3) is 0 Å². The molecule has 0 saturated heterocycles. The molecular weight excluding hydrogens is 389 g/mol. The average molecular weight is 398 g/mol. The highest BCUT2D eigenvalue weighted by molar-refractivity contribution is 9.09. The molecule has 0 aromatic heterocycles. The normalized spacial score (nSPS) is 12.3. The minimum absolute atomic E-state index is 0.0580. The Morgan fingerprint density at radius 3 is 2.35 bits per heavy atom. The Balaban J connectivity index is 2.45. The van der Waals surface area contributed by atoms with Gasteiger partial charge in [-0.2, -0.15) is 0 Å². The quantitative estimate of drug-likeness (QED) is 0.553. The van der Waals surface area contributed by atoms with E-state index < -0.39 is 5.82 Å². The zero-order chi connectivity index (χ0) is 14.9. The van der Waals surface area contributed by atoms with Gasteiger partial charge in [0.05, 0.1) is 22.0 Å². The summed E-state index contributed by atoms with van der Waals surface area (Å²) in [5.74, 6) is 0.0335. The molecule has 0 aliphatic carbocycles. The summed E-state index contributed by atoms with van der Waals surface area (Å²) in [6, 6.07) is 7.84. The number of methoxy groups -OCH3 is 1. The summed E-state index contributed by atoms with van der Waals surface area (Å²) in [7, 11) is 1.52. The maximum Gasteiger partial charge on any atom is 0.141 e. The summed E-state index contributed by atoms with van der Waals surface area (Å²) in [5, 5.41) is 1.00. The summed E-state index contributed by atoms with van der Waals surface area (Å²) in [4.78, 5) is -0.253. The molecule has 1 atom stereocenters. The second-order valence-electron chi connectivity index (χ2n) is 4.04. The minimum Gasteiger partial charge on any atom is -0.495 e. The zero-order valence-electron chi connectivity index (χ0n) is 10.3. The van der Waals surface area contributed by atoms with Gasteiger partial charge in [-0.05, 0) is 29.3 Å². The van der Waals surface area contributed by atoms with Crippen molar-refractivity contribution in [3.05, 3.63) is 62.3 Å². The molecule has 1 unspecified atom stereocenters. The summed E-state index contributed by atoms with van der Waals surface area (Å²) < 4.78 is 18.3. The maximum atomic E-state index is 13.2. The third kappa shape index (κ3) is 3.22. The van der Waals surface area contributed by atoms with Gasteiger partial charge >= 0.3 is 0 Å². The lowest BCUT2D eigenvalue weighted by molar-refractivity contribution is 0.415. The molecule has 0 fully saturated rings. The van der Waals surface area contributed by atoms with E-state index in [1.807, 2.05) is 0 Å². The Morgan fingerprint density at radius 1 is 1.05 bits per heavy atom. The maximum absolute atomic E-state index is 13.2. The molecule has 2 aromatic carbocycles. The first kappa shape index (κ1) is 15.9. The topological polar surface area (TPSA) is 9.23 Å². The molecule has 1 nitrogen and oxygen atoms in total. The van der Waals surface area contributed by atoms with Crippen molar-refractivity contribution in [3.63, 3.8) is 0 Å². The molecule has 2 aromatic rings. The van der Waals surface area contributed by atoms with Crippen LogP contribution in [-0.4, -0.2) is 7.11 Å². The number of hydrogen-bond donors (Lipinski definition) is 0. The highest BCUT2D eigenvalue weighted by atomic mass is 79.9. The lowest BCUT2D eigenvalue weighted by atomic mass is 10.0. The smallest absolute Gasteiger partial charge is 0.141 e. The molecule has 20 heavy (non-hydrogen) atoms. The van der Waals surface area contributed by atoms with Crippen molar-refractivity contribution >= 4 is 50.7 Å². The monoisotopic (exact) mass is 396 g/mol. The first-order valence-corrected chi connectivity index (χ1v) is 7.61. The fourth-order valence-corrected chi connectivity index (χ4v) is 3.24. The van der Waals surface area contributed by atoms with Gasteiger partial charge in [-0.3, -0.25) is 0 Å². The molecule has 0 amide bonds. The van der Waals surface area contributed by atoms with E-state index in [0.717, 1.165) is 11.1 Å². The third-order valence-corrected chi connectivity index (χ3v) is 4.71. The molecule has 0 heterocycles. The number of hydrogen-bond acceptors (Lipinski definition) is 1. The van der Waals surface area contributed by atoms with Crippen LogP contribution in [0.4, 0.5) is 4.39 Å². The Kier molecular flexibility index (Phi) is 5.19. The largest absolute Gasteiger partial charge is 0.495 e. The van der Waals surface area contributed by atoms with Crippen LogP contribution < -0.4 is 4.74 Å². The first-order chi connectivity index (χ1) is 9.43. The van der Waals surface area contributed by atoms with E-state index >= 15 is 0 Å². The van der Waals surface area contributed by atoms with Crippen LogP contribution in [0.15, 0.2) is 30.3 Å². The predicted octanol–water partition coefficient (Wildman–Crippen LogP) is 6.28. The van der Waals surface area contributed by atoms with Crippen molar-refractivity contribution in [3.8, 4) is 5.75 Å². The van der Waals surface area contributed by atoms with Crippen molar-refractivity contribution in [2.45, 2.75) is 4.83 Å². The molecule has 0 spiro atoms. The van der Waals surface area contributed by atoms with Gasteiger partial charge < -0.3 is 4.74 Å².